The third kappa shape index (κ3) is 3.81. The van der Waals surface area contributed by atoms with Gasteiger partial charge in [0.1, 0.15) is 17.8 Å². The Labute approximate surface area is 108 Å². The minimum absolute atomic E-state index is 0.0416. The van der Waals surface area contributed by atoms with Gasteiger partial charge in [0.05, 0.1) is 11.6 Å². The van der Waals surface area contributed by atoms with E-state index in [0.717, 1.165) is 12.1 Å². The van der Waals surface area contributed by atoms with E-state index in [2.05, 4.69) is 15.0 Å². The highest BCUT2D eigenvalue weighted by molar-refractivity contribution is 6.32. The maximum Gasteiger partial charge on any atom is 0.362 e. The molecule has 0 aromatic heterocycles. The predicted molar refractivity (Wildman–Crippen MR) is 63.3 cm³/mol. The quantitative estimate of drug-likeness (QED) is 0.394. The Kier molecular flexibility index (Phi) is 5.26. The Hall–Kier alpha value is -1.95. The largest absolute Gasteiger partial charge is 0.513 e. The van der Waals surface area contributed by atoms with Gasteiger partial charge in [-0.2, -0.15) is 0 Å². The summed E-state index contributed by atoms with van der Waals surface area (Å²) in [4.78, 5) is 11.2. The number of azo groups is 1. The summed E-state index contributed by atoms with van der Waals surface area (Å²) in [5.41, 5.74) is -0.209. The lowest BCUT2D eigenvalue weighted by atomic mass is 10.3. The summed E-state index contributed by atoms with van der Waals surface area (Å²) in [6, 6.07) is 3.50. The number of ether oxygens (including phenoxy) is 1. The van der Waals surface area contributed by atoms with E-state index in [-0.39, 0.29) is 23.0 Å². The first-order valence-corrected chi connectivity index (χ1v) is 5.34. The van der Waals surface area contributed by atoms with Crippen molar-refractivity contribution in [3.63, 3.8) is 0 Å². The number of halogens is 2. The van der Waals surface area contributed by atoms with E-state index in [4.69, 9.17) is 16.7 Å². The zero-order valence-corrected chi connectivity index (χ0v) is 10.2. The Balaban J connectivity index is 2.88. The molecule has 0 unspecified atom stereocenters. The zero-order chi connectivity index (χ0) is 13.5. The Bertz CT molecular complexity index is 503. The van der Waals surface area contributed by atoms with E-state index in [1.165, 1.54) is 6.07 Å². The van der Waals surface area contributed by atoms with Gasteiger partial charge in [-0.15, -0.1) is 10.2 Å². The number of hydrogen-bond donors (Lipinski definition) is 1. The highest BCUT2D eigenvalue weighted by Gasteiger charge is 2.10. The van der Waals surface area contributed by atoms with E-state index < -0.39 is 11.8 Å². The summed E-state index contributed by atoms with van der Waals surface area (Å²) in [6.07, 6.45) is 0.471. The summed E-state index contributed by atoms with van der Waals surface area (Å²) >= 11 is 5.71. The van der Waals surface area contributed by atoms with Crippen LogP contribution >= 0.6 is 11.6 Å². The molecule has 0 heterocycles. The number of esters is 1. The maximum absolute atomic E-state index is 12.8. The van der Waals surface area contributed by atoms with Crippen molar-refractivity contribution >= 4 is 23.3 Å². The second-order valence-corrected chi connectivity index (χ2v) is 3.44. The van der Waals surface area contributed by atoms with E-state index in [0.29, 0.717) is 6.26 Å². The minimum Gasteiger partial charge on any atom is -0.513 e. The van der Waals surface area contributed by atoms with Crippen molar-refractivity contribution < 1.29 is 19.0 Å². The first kappa shape index (κ1) is 14.1. The fraction of sp³-hybridized carbons (Fsp3) is 0.182. The van der Waals surface area contributed by atoms with Crippen molar-refractivity contribution in [1.82, 2.24) is 0 Å². The maximum atomic E-state index is 12.8. The Morgan fingerprint density at radius 1 is 1.61 bits per heavy atom. The molecule has 5 nitrogen and oxygen atoms in total. The number of hydrogen-bond acceptors (Lipinski definition) is 5. The van der Waals surface area contributed by atoms with Gasteiger partial charge in [0.15, 0.2) is 0 Å². The topological polar surface area (TPSA) is 71.2 Å². The van der Waals surface area contributed by atoms with Gasteiger partial charge < -0.3 is 9.84 Å². The molecule has 0 atom stereocenters. The SMILES string of the molecule is CCOC(=O)C(=CO)N=Nc1ccc(F)cc1Cl. The first-order valence-electron chi connectivity index (χ1n) is 4.96. The van der Waals surface area contributed by atoms with Gasteiger partial charge in [-0.3, -0.25) is 0 Å². The summed E-state index contributed by atoms with van der Waals surface area (Å²) in [6.45, 7) is 1.75. The van der Waals surface area contributed by atoms with E-state index >= 15 is 0 Å². The molecule has 96 valence electrons. The highest BCUT2D eigenvalue weighted by atomic mass is 35.5. The average Bonchev–Trinajstić information content (AvgIpc) is 2.32. The van der Waals surface area contributed by atoms with Gasteiger partial charge in [0, 0.05) is 0 Å². The zero-order valence-electron chi connectivity index (χ0n) is 9.43. The van der Waals surface area contributed by atoms with Crippen molar-refractivity contribution in [3.8, 4) is 0 Å². The number of carbonyl (C=O) groups excluding carboxylic acids is 1. The normalized spacial score (nSPS) is 11.8. The molecule has 0 fully saturated rings. The van der Waals surface area contributed by atoms with Gasteiger partial charge >= 0.3 is 5.97 Å². The van der Waals surface area contributed by atoms with Crippen LogP contribution in [0.5, 0.6) is 0 Å². The molecule has 0 saturated carbocycles. The molecule has 0 bridgehead atoms. The second kappa shape index (κ2) is 6.70. The van der Waals surface area contributed by atoms with Crippen LogP contribution in [0.25, 0.3) is 0 Å². The van der Waals surface area contributed by atoms with Gasteiger partial charge in [0.2, 0.25) is 5.70 Å². The third-order valence-corrected chi connectivity index (χ3v) is 2.08. The highest BCUT2D eigenvalue weighted by Crippen LogP contribution is 2.26. The standard InChI is InChI=1S/C11H10ClFN2O3/c1-2-18-11(17)10(6-16)15-14-9-4-3-7(13)5-8(9)12/h3-6,16H,2H2,1H3. The molecule has 18 heavy (non-hydrogen) atoms. The lowest BCUT2D eigenvalue weighted by molar-refractivity contribution is -0.138. The van der Waals surface area contributed by atoms with Gasteiger partial charge in [-0.1, -0.05) is 11.6 Å². The second-order valence-electron chi connectivity index (χ2n) is 3.03. The van der Waals surface area contributed by atoms with Crippen LogP contribution in [-0.2, 0) is 9.53 Å². The number of benzene rings is 1. The molecule has 0 radical (unpaired) electrons. The van der Waals surface area contributed by atoms with Gasteiger partial charge in [-0.25, -0.2) is 9.18 Å². The smallest absolute Gasteiger partial charge is 0.362 e. The van der Waals surface area contributed by atoms with Gasteiger partial charge in [-0.05, 0) is 25.1 Å². The average molecular weight is 273 g/mol. The molecule has 0 aliphatic rings. The van der Waals surface area contributed by atoms with Crippen molar-refractivity contribution in [3.05, 3.63) is 41.0 Å². The fourth-order valence-electron chi connectivity index (χ4n) is 0.994. The molecule has 1 aromatic carbocycles. The van der Waals surface area contributed by atoms with Crippen LogP contribution in [0, 0.1) is 5.82 Å². The number of aliphatic hydroxyl groups is 1. The monoisotopic (exact) mass is 272 g/mol. The third-order valence-electron chi connectivity index (χ3n) is 1.78. The molecule has 0 aliphatic heterocycles. The number of aliphatic hydroxyl groups excluding tert-OH is 1. The van der Waals surface area contributed by atoms with Crippen LogP contribution in [-0.4, -0.2) is 17.7 Å². The summed E-state index contributed by atoms with van der Waals surface area (Å²) in [7, 11) is 0. The van der Waals surface area contributed by atoms with E-state index in [1.54, 1.807) is 6.92 Å². The fourth-order valence-corrected chi connectivity index (χ4v) is 1.20. The molecular weight excluding hydrogens is 263 g/mol. The Morgan fingerprint density at radius 3 is 2.89 bits per heavy atom. The van der Waals surface area contributed by atoms with E-state index in [1.807, 2.05) is 0 Å². The number of rotatable bonds is 4. The lowest BCUT2D eigenvalue weighted by Gasteiger charge is -2.00. The molecule has 0 amide bonds. The minimum atomic E-state index is -0.818. The molecular formula is C11H10ClFN2O3. The van der Waals surface area contributed by atoms with Crippen molar-refractivity contribution in [2.24, 2.45) is 10.2 Å². The Morgan fingerprint density at radius 2 is 2.33 bits per heavy atom. The molecule has 0 spiro atoms. The first-order chi connectivity index (χ1) is 8.58. The van der Waals surface area contributed by atoms with Crippen molar-refractivity contribution in [2.75, 3.05) is 6.61 Å². The van der Waals surface area contributed by atoms with Crippen LogP contribution < -0.4 is 0 Å². The summed E-state index contributed by atoms with van der Waals surface area (Å²) < 4.78 is 17.4. The molecule has 0 aliphatic carbocycles. The number of carbonyl (C=O) groups is 1. The lowest BCUT2D eigenvalue weighted by Crippen LogP contribution is -2.05. The van der Waals surface area contributed by atoms with Crippen molar-refractivity contribution in [2.45, 2.75) is 6.92 Å². The summed E-state index contributed by atoms with van der Waals surface area (Å²) in [5, 5.41) is 15.9. The molecule has 0 saturated heterocycles. The molecule has 1 aromatic rings. The van der Waals surface area contributed by atoms with Crippen LogP contribution in [0.2, 0.25) is 5.02 Å². The summed E-state index contributed by atoms with van der Waals surface area (Å²) in [5.74, 6) is -1.33. The van der Waals surface area contributed by atoms with Crippen LogP contribution in [0.4, 0.5) is 10.1 Å². The van der Waals surface area contributed by atoms with Crippen molar-refractivity contribution in [1.29, 1.82) is 0 Å². The molecule has 7 heteroatoms. The van der Waals surface area contributed by atoms with Crippen LogP contribution in [0.15, 0.2) is 40.4 Å². The van der Waals surface area contributed by atoms with Gasteiger partial charge in [0.25, 0.3) is 0 Å². The van der Waals surface area contributed by atoms with E-state index in [9.17, 15) is 9.18 Å². The number of nitrogens with zero attached hydrogens (tertiary/aromatic N) is 2. The molecule has 1 N–H and O–H groups in total. The predicted octanol–water partition coefficient (Wildman–Crippen LogP) is 3.53. The van der Waals surface area contributed by atoms with Crippen LogP contribution in [0.3, 0.4) is 0 Å². The van der Waals surface area contributed by atoms with Crippen LogP contribution in [0.1, 0.15) is 6.92 Å². The molecule has 1 rings (SSSR count).